The molecule has 1 aliphatic rings. The van der Waals surface area contributed by atoms with Gasteiger partial charge in [-0.05, 0) is 37.8 Å². The van der Waals surface area contributed by atoms with Crippen molar-refractivity contribution in [3.63, 3.8) is 0 Å². The van der Waals surface area contributed by atoms with Gasteiger partial charge in [0.15, 0.2) is 5.69 Å². The second kappa shape index (κ2) is 5.77. The number of anilines is 1. The van der Waals surface area contributed by atoms with Gasteiger partial charge in [0, 0.05) is 19.2 Å². The summed E-state index contributed by atoms with van der Waals surface area (Å²) in [5.41, 5.74) is 5.78. The molecule has 1 unspecified atom stereocenters. The number of aliphatic hydroxyl groups is 1. The Morgan fingerprint density at radius 2 is 2.33 bits per heavy atom. The summed E-state index contributed by atoms with van der Waals surface area (Å²) in [6, 6.07) is 3.40. The molecule has 1 amide bonds. The van der Waals surface area contributed by atoms with Crippen LogP contribution < -0.4 is 5.73 Å². The van der Waals surface area contributed by atoms with Crippen LogP contribution in [0.15, 0.2) is 12.1 Å². The molecule has 1 aromatic heterocycles. The number of aliphatic hydroxyl groups excluding tert-OH is 1. The lowest BCUT2D eigenvalue weighted by Crippen LogP contribution is -2.36. The summed E-state index contributed by atoms with van der Waals surface area (Å²) < 4.78 is 0. The van der Waals surface area contributed by atoms with Crippen LogP contribution in [0.1, 0.15) is 36.2 Å². The van der Waals surface area contributed by atoms with Gasteiger partial charge in [0.2, 0.25) is 0 Å². The second-order valence-corrected chi connectivity index (χ2v) is 4.50. The smallest absolute Gasteiger partial charge is 0.274 e. The van der Waals surface area contributed by atoms with Crippen LogP contribution in [-0.2, 0) is 0 Å². The van der Waals surface area contributed by atoms with Crippen molar-refractivity contribution in [2.24, 2.45) is 0 Å². The molecule has 0 radical (unpaired) electrons. The fourth-order valence-corrected chi connectivity index (χ4v) is 2.33. The van der Waals surface area contributed by atoms with Crippen LogP contribution in [0.5, 0.6) is 0 Å². The molecule has 18 heavy (non-hydrogen) atoms. The first kappa shape index (κ1) is 12.8. The molecule has 3 N–H and O–H groups in total. The normalized spacial score (nSPS) is 19.2. The molecule has 2 heterocycles. The first-order chi connectivity index (χ1) is 8.72. The molecule has 0 bridgehead atoms. The fourth-order valence-electron chi connectivity index (χ4n) is 2.33. The Bertz CT molecular complexity index is 407. The Morgan fingerprint density at radius 3 is 3.00 bits per heavy atom. The van der Waals surface area contributed by atoms with Crippen LogP contribution in [-0.4, -0.2) is 45.3 Å². The fraction of sp³-hybridized carbons (Fsp3) is 0.583. The van der Waals surface area contributed by atoms with E-state index in [9.17, 15) is 4.79 Å². The molecular weight excluding hydrogens is 232 g/mol. The molecule has 6 nitrogen and oxygen atoms in total. The van der Waals surface area contributed by atoms with Crippen molar-refractivity contribution in [1.29, 1.82) is 0 Å². The third-order valence-electron chi connectivity index (χ3n) is 3.24. The summed E-state index contributed by atoms with van der Waals surface area (Å²) in [6.07, 6.45) is 3.56. The van der Waals surface area contributed by atoms with Crippen molar-refractivity contribution in [2.75, 3.05) is 18.9 Å². The van der Waals surface area contributed by atoms with Gasteiger partial charge in [-0.2, -0.15) is 0 Å². The molecule has 0 spiro atoms. The molecule has 1 saturated heterocycles. The summed E-state index contributed by atoms with van der Waals surface area (Å²) in [6.45, 7) is 0.918. The van der Waals surface area contributed by atoms with E-state index in [0.717, 1.165) is 32.2 Å². The number of hydrogen-bond acceptors (Lipinski definition) is 5. The third kappa shape index (κ3) is 2.76. The second-order valence-electron chi connectivity index (χ2n) is 4.50. The van der Waals surface area contributed by atoms with Crippen LogP contribution >= 0.6 is 0 Å². The lowest BCUT2D eigenvalue weighted by atomic mass is 10.1. The Balaban J connectivity index is 2.05. The zero-order valence-corrected chi connectivity index (χ0v) is 10.2. The van der Waals surface area contributed by atoms with Gasteiger partial charge in [-0.25, -0.2) is 0 Å². The monoisotopic (exact) mass is 250 g/mol. The number of aromatic nitrogens is 2. The molecular formula is C12H18N4O2. The van der Waals surface area contributed by atoms with Crippen molar-refractivity contribution < 1.29 is 9.90 Å². The number of carbonyl (C=O) groups excluding carboxylic acids is 1. The maximum atomic E-state index is 12.3. The van der Waals surface area contributed by atoms with Gasteiger partial charge in [-0.1, -0.05) is 0 Å². The highest BCUT2D eigenvalue weighted by Crippen LogP contribution is 2.22. The molecule has 2 rings (SSSR count). The first-order valence-corrected chi connectivity index (χ1v) is 6.23. The summed E-state index contributed by atoms with van der Waals surface area (Å²) in [4.78, 5) is 14.1. The highest BCUT2D eigenvalue weighted by Gasteiger charge is 2.29. The van der Waals surface area contributed by atoms with E-state index < -0.39 is 0 Å². The molecule has 1 fully saturated rings. The standard InChI is InChI=1S/C12H18N4O2/c13-11-6-5-10(14-15-11)12(18)16-7-1-3-9(16)4-2-8-17/h5-6,9,17H,1-4,7-8H2,(H2,13,15). The van der Waals surface area contributed by atoms with Gasteiger partial charge >= 0.3 is 0 Å². The molecule has 1 aromatic rings. The molecule has 1 aliphatic heterocycles. The van der Waals surface area contributed by atoms with Crippen molar-refractivity contribution in [1.82, 2.24) is 15.1 Å². The van der Waals surface area contributed by atoms with Crippen molar-refractivity contribution >= 4 is 11.7 Å². The minimum Gasteiger partial charge on any atom is -0.396 e. The van der Waals surface area contributed by atoms with E-state index in [1.165, 1.54) is 0 Å². The average molecular weight is 250 g/mol. The molecule has 0 aliphatic carbocycles. The zero-order valence-electron chi connectivity index (χ0n) is 10.2. The number of likely N-dealkylation sites (tertiary alicyclic amines) is 1. The van der Waals surface area contributed by atoms with Gasteiger partial charge in [0.25, 0.3) is 5.91 Å². The number of hydrogen-bond donors (Lipinski definition) is 2. The van der Waals surface area contributed by atoms with E-state index in [4.69, 9.17) is 10.8 Å². The van der Waals surface area contributed by atoms with E-state index in [2.05, 4.69) is 10.2 Å². The Morgan fingerprint density at radius 1 is 1.50 bits per heavy atom. The summed E-state index contributed by atoms with van der Waals surface area (Å²) in [5, 5.41) is 16.4. The van der Waals surface area contributed by atoms with Crippen LogP contribution in [0.4, 0.5) is 5.82 Å². The quantitative estimate of drug-likeness (QED) is 0.808. The largest absolute Gasteiger partial charge is 0.396 e. The number of nitrogens with two attached hydrogens (primary N) is 1. The number of rotatable bonds is 4. The summed E-state index contributed by atoms with van der Waals surface area (Å²) in [5.74, 6) is 0.216. The maximum absolute atomic E-state index is 12.3. The maximum Gasteiger partial charge on any atom is 0.274 e. The SMILES string of the molecule is Nc1ccc(C(=O)N2CCCC2CCCO)nn1. The highest BCUT2D eigenvalue weighted by atomic mass is 16.3. The number of nitrogens with zero attached hydrogens (tertiary/aromatic N) is 3. The van der Waals surface area contributed by atoms with Gasteiger partial charge < -0.3 is 15.7 Å². The Labute approximate surface area is 106 Å². The van der Waals surface area contributed by atoms with Crippen molar-refractivity contribution in [3.05, 3.63) is 17.8 Å². The van der Waals surface area contributed by atoms with Crippen molar-refractivity contribution in [2.45, 2.75) is 31.7 Å². The first-order valence-electron chi connectivity index (χ1n) is 6.23. The van der Waals surface area contributed by atoms with E-state index in [1.807, 2.05) is 4.90 Å². The Kier molecular flexibility index (Phi) is 4.09. The minimum atomic E-state index is -0.0945. The molecule has 0 saturated carbocycles. The lowest BCUT2D eigenvalue weighted by molar-refractivity contribution is 0.0717. The van der Waals surface area contributed by atoms with E-state index in [1.54, 1.807) is 12.1 Å². The number of amides is 1. The molecule has 0 aromatic carbocycles. The molecule has 1 atom stereocenters. The average Bonchev–Trinajstić information content (AvgIpc) is 2.84. The van der Waals surface area contributed by atoms with Crippen LogP contribution in [0, 0.1) is 0 Å². The predicted molar refractivity (Wildman–Crippen MR) is 66.8 cm³/mol. The lowest BCUT2D eigenvalue weighted by Gasteiger charge is -2.24. The summed E-state index contributed by atoms with van der Waals surface area (Å²) >= 11 is 0. The molecule has 98 valence electrons. The number of carbonyl (C=O) groups is 1. The number of nitrogen functional groups attached to an aromatic ring is 1. The van der Waals surface area contributed by atoms with Crippen LogP contribution in [0.3, 0.4) is 0 Å². The summed E-state index contributed by atoms with van der Waals surface area (Å²) in [7, 11) is 0. The van der Waals surface area contributed by atoms with E-state index in [-0.39, 0.29) is 18.6 Å². The topological polar surface area (TPSA) is 92.3 Å². The van der Waals surface area contributed by atoms with E-state index >= 15 is 0 Å². The third-order valence-corrected chi connectivity index (χ3v) is 3.24. The minimum absolute atomic E-state index is 0.0945. The van der Waals surface area contributed by atoms with Crippen LogP contribution in [0.25, 0.3) is 0 Å². The van der Waals surface area contributed by atoms with E-state index in [0.29, 0.717) is 11.5 Å². The predicted octanol–water partition coefficient (Wildman–Crippen LogP) is 0.436. The van der Waals surface area contributed by atoms with Crippen LogP contribution in [0.2, 0.25) is 0 Å². The van der Waals surface area contributed by atoms with Gasteiger partial charge in [0.05, 0.1) is 0 Å². The van der Waals surface area contributed by atoms with Gasteiger partial charge in [-0.3, -0.25) is 4.79 Å². The van der Waals surface area contributed by atoms with Crippen molar-refractivity contribution in [3.8, 4) is 0 Å². The highest BCUT2D eigenvalue weighted by molar-refractivity contribution is 5.92. The zero-order chi connectivity index (χ0) is 13.0. The van der Waals surface area contributed by atoms with Gasteiger partial charge in [-0.15, -0.1) is 10.2 Å². The Hall–Kier alpha value is -1.69. The molecule has 6 heteroatoms. The van der Waals surface area contributed by atoms with Gasteiger partial charge in [0.1, 0.15) is 5.82 Å².